The van der Waals surface area contributed by atoms with E-state index in [9.17, 15) is 9.59 Å². The lowest BCUT2D eigenvalue weighted by molar-refractivity contribution is -0.136. The van der Waals surface area contributed by atoms with Crippen LogP contribution in [-0.4, -0.2) is 59.3 Å². The van der Waals surface area contributed by atoms with Gasteiger partial charge in [0.05, 0.1) is 17.5 Å². The number of nitrogens with zero attached hydrogens (tertiary/aromatic N) is 4. The van der Waals surface area contributed by atoms with E-state index in [0.717, 1.165) is 35.4 Å². The summed E-state index contributed by atoms with van der Waals surface area (Å²) in [7, 11) is 0. The Kier molecular flexibility index (Phi) is 5.52. The van der Waals surface area contributed by atoms with Crippen LogP contribution >= 0.6 is 0 Å². The average Bonchev–Trinajstić information content (AvgIpc) is 3.25. The number of hydrogen-bond donors (Lipinski definition) is 0. The number of para-hydroxylation sites is 1. The second-order valence-corrected chi connectivity index (χ2v) is 8.71. The lowest BCUT2D eigenvalue weighted by Crippen LogP contribution is -2.51. The standard InChI is InChI=1S/C26H28N4O2/c1-19(20-7-3-2-4-8-20)30-18-22(17-25(30)31)26(32)29-15-13-28(14-16-29)24-12-11-21-9-5-6-10-23(21)27-24/h2-12,19,22H,13-18H2,1H3. The lowest BCUT2D eigenvalue weighted by Gasteiger charge is -2.36. The topological polar surface area (TPSA) is 56.8 Å². The summed E-state index contributed by atoms with van der Waals surface area (Å²) >= 11 is 0. The van der Waals surface area contributed by atoms with Gasteiger partial charge < -0.3 is 14.7 Å². The molecule has 2 saturated heterocycles. The molecule has 2 aromatic carbocycles. The lowest BCUT2D eigenvalue weighted by atomic mass is 10.1. The SMILES string of the molecule is CC(c1ccccc1)N1CC(C(=O)N2CCN(c3ccc4ccccc4n3)CC2)CC1=O. The molecule has 164 valence electrons. The molecule has 3 heterocycles. The molecule has 2 atom stereocenters. The Morgan fingerprint density at radius 2 is 1.66 bits per heavy atom. The zero-order valence-corrected chi connectivity index (χ0v) is 18.4. The van der Waals surface area contributed by atoms with E-state index >= 15 is 0 Å². The molecule has 32 heavy (non-hydrogen) atoms. The van der Waals surface area contributed by atoms with E-state index in [0.29, 0.717) is 26.1 Å². The van der Waals surface area contributed by atoms with Gasteiger partial charge in [0, 0.05) is 44.5 Å². The smallest absolute Gasteiger partial charge is 0.228 e. The third-order valence-electron chi connectivity index (χ3n) is 6.76. The van der Waals surface area contributed by atoms with Crippen molar-refractivity contribution < 1.29 is 9.59 Å². The summed E-state index contributed by atoms with van der Waals surface area (Å²) in [6.07, 6.45) is 0.308. The number of fused-ring (bicyclic) bond motifs is 1. The fourth-order valence-electron chi connectivity index (χ4n) is 4.83. The van der Waals surface area contributed by atoms with Gasteiger partial charge in [-0.2, -0.15) is 0 Å². The van der Waals surface area contributed by atoms with E-state index < -0.39 is 0 Å². The van der Waals surface area contributed by atoms with Crippen molar-refractivity contribution in [3.05, 3.63) is 72.3 Å². The molecule has 0 radical (unpaired) electrons. The minimum absolute atomic E-state index is 0.0164. The Hall–Kier alpha value is -3.41. The number of anilines is 1. The van der Waals surface area contributed by atoms with Crippen molar-refractivity contribution in [1.29, 1.82) is 0 Å². The Morgan fingerprint density at radius 1 is 0.938 bits per heavy atom. The van der Waals surface area contributed by atoms with Crippen LogP contribution in [0.4, 0.5) is 5.82 Å². The second-order valence-electron chi connectivity index (χ2n) is 8.71. The van der Waals surface area contributed by atoms with Gasteiger partial charge in [-0.3, -0.25) is 9.59 Å². The summed E-state index contributed by atoms with van der Waals surface area (Å²) in [4.78, 5) is 36.6. The first-order valence-electron chi connectivity index (χ1n) is 11.3. The minimum Gasteiger partial charge on any atom is -0.353 e. The normalized spacial score (nSPS) is 20.1. The van der Waals surface area contributed by atoms with Crippen LogP contribution in [0.1, 0.15) is 24.9 Å². The summed E-state index contributed by atoms with van der Waals surface area (Å²) in [5.74, 6) is 0.875. The number of rotatable bonds is 4. The predicted molar refractivity (Wildman–Crippen MR) is 125 cm³/mol. The van der Waals surface area contributed by atoms with Gasteiger partial charge in [0.15, 0.2) is 0 Å². The quantitative estimate of drug-likeness (QED) is 0.638. The van der Waals surface area contributed by atoms with Crippen LogP contribution in [0.15, 0.2) is 66.7 Å². The number of piperazine rings is 1. The third kappa shape index (κ3) is 3.93. The first-order valence-corrected chi connectivity index (χ1v) is 11.3. The van der Waals surface area contributed by atoms with Gasteiger partial charge in [0.2, 0.25) is 11.8 Å². The minimum atomic E-state index is -0.251. The van der Waals surface area contributed by atoms with Gasteiger partial charge in [0.25, 0.3) is 0 Å². The number of pyridine rings is 1. The third-order valence-corrected chi connectivity index (χ3v) is 6.76. The Bertz CT molecular complexity index is 1120. The van der Waals surface area contributed by atoms with Crippen LogP contribution in [0, 0.1) is 5.92 Å². The fourth-order valence-corrected chi connectivity index (χ4v) is 4.83. The first kappa shape index (κ1) is 20.5. The average molecular weight is 429 g/mol. The maximum atomic E-state index is 13.2. The molecule has 6 heteroatoms. The van der Waals surface area contributed by atoms with Crippen molar-refractivity contribution >= 4 is 28.5 Å². The van der Waals surface area contributed by atoms with Crippen molar-refractivity contribution in [2.24, 2.45) is 5.92 Å². The molecular weight excluding hydrogens is 400 g/mol. The number of aromatic nitrogens is 1. The molecule has 0 bridgehead atoms. The highest BCUT2D eigenvalue weighted by atomic mass is 16.2. The molecule has 5 rings (SSSR count). The zero-order chi connectivity index (χ0) is 22.1. The van der Waals surface area contributed by atoms with Crippen molar-refractivity contribution in [1.82, 2.24) is 14.8 Å². The summed E-state index contributed by atoms with van der Waals surface area (Å²) < 4.78 is 0. The number of hydrogen-bond acceptors (Lipinski definition) is 4. The van der Waals surface area contributed by atoms with E-state index in [1.807, 2.05) is 65.3 Å². The Morgan fingerprint density at radius 3 is 2.44 bits per heavy atom. The van der Waals surface area contributed by atoms with Gasteiger partial charge >= 0.3 is 0 Å². The van der Waals surface area contributed by atoms with Gasteiger partial charge in [-0.1, -0.05) is 48.5 Å². The van der Waals surface area contributed by atoms with E-state index in [2.05, 4.69) is 23.1 Å². The van der Waals surface area contributed by atoms with Crippen molar-refractivity contribution in [2.45, 2.75) is 19.4 Å². The van der Waals surface area contributed by atoms with Gasteiger partial charge in [0.1, 0.15) is 5.82 Å². The van der Waals surface area contributed by atoms with Crippen molar-refractivity contribution in [2.75, 3.05) is 37.6 Å². The maximum Gasteiger partial charge on any atom is 0.228 e. The highest BCUT2D eigenvalue weighted by Crippen LogP contribution is 2.30. The number of benzene rings is 2. The molecule has 0 saturated carbocycles. The Labute approximate surface area is 188 Å². The number of carbonyl (C=O) groups is 2. The molecule has 2 aliphatic heterocycles. The summed E-state index contributed by atoms with van der Waals surface area (Å²) in [6, 6.07) is 22.3. The summed E-state index contributed by atoms with van der Waals surface area (Å²) in [5, 5.41) is 1.13. The molecule has 6 nitrogen and oxygen atoms in total. The summed E-state index contributed by atoms with van der Waals surface area (Å²) in [5.41, 5.74) is 2.09. The first-order chi connectivity index (χ1) is 15.6. The largest absolute Gasteiger partial charge is 0.353 e. The van der Waals surface area contributed by atoms with Crippen LogP contribution < -0.4 is 4.90 Å². The second kappa shape index (κ2) is 8.61. The van der Waals surface area contributed by atoms with Gasteiger partial charge in [-0.25, -0.2) is 4.98 Å². The zero-order valence-electron chi connectivity index (χ0n) is 18.4. The number of amides is 2. The molecule has 2 fully saturated rings. The van der Waals surface area contributed by atoms with Crippen LogP contribution in [0.3, 0.4) is 0 Å². The van der Waals surface area contributed by atoms with Crippen LogP contribution in [0.2, 0.25) is 0 Å². The molecule has 0 N–H and O–H groups in total. The van der Waals surface area contributed by atoms with Crippen LogP contribution in [0.5, 0.6) is 0 Å². The van der Waals surface area contributed by atoms with E-state index in [4.69, 9.17) is 4.98 Å². The molecule has 2 amide bonds. The molecular formula is C26H28N4O2. The monoisotopic (exact) mass is 428 g/mol. The predicted octanol–water partition coefficient (Wildman–Crippen LogP) is 3.49. The molecule has 2 aliphatic rings. The maximum absolute atomic E-state index is 13.2. The van der Waals surface area contributed by atoms with E-state index in [-0.39, 0.29) is 23.8 Å². The van der Waals surface area contributed by atoms with Crippen molar-refractivity contribution in [3.8, 4) is 0 Å². The highest BCUT2D eigenvalue weighted by molar-refractivity contribution is 5.89. The highest BCUT2D eigenvalue weighted by Gasteiger charge is 2.39. The molecule has 3 aromatic rings. The molecule has 2 unspecified atom stereocenters. The van der Waals surface area contributed by atoms with Crippen molar-refractivity contribution in [3.63, 3.8) is 0 Å². The van der Waals surface area contributed by atoms with Gasteiger partial charge in [-0.05, 0) is 30.7 Å². The van der Waals surface area contributed by atoms with Crippen LogP contribution in [-0.2, 0) is 9.59 Å². The van der Waals surface area contributed by atoms with Gasteiger partial charge in [-0.15, -0.1) is 0 Å². The van der Waals surface area contributed by atoms with E-state index in [1.165, 1.54) is 0 Å². The molecule has 0 spiro atoms. The summed E-state index contributed by atoms with van der Waals surface area (Å²) in [6.45, 7) is 5.36. The van der Waals surface area contributed by atoms with E-state index in [1.54, 1.807) is 0 Å². The molecule has 0 aliphatic carbocycles. The fraction of sp³-hybridized carbons (Fsp3) is 0.346. The number of likely N-dealkylation sites (tertiary alicyclic amines) is 1. The Balaban J connectivity index is 1.20. The molecule has 1 aromatic heterocycles. The van der Waals surface area contributed by atoms with Crippen LogP contribution in [0.25, 0.3) is 10.9 Å². The number of carbonyl (C=O) groups excluding carboxylic acids is 2.